The summed E-state index contributed by atoms with van der Waals surface area (Å²) >= 11 is 0. The van der Waals surface area contributed by atoms with Crippen molar-refractivity contribution in [2.24, 2.45) is 0 Å². The first-order valence-electron chi connectivity index (χ1n) is 8.46. The summed E-state index contributed by atoms with van der Waals surface area (Å²) in [4.78, 5) is 16.8. The van der Waals surface area contributed by atoms with Crippen molar-refractivity contribution in [1.82, 2.24) is 10.1 Å². The van der Waals surface area contributed by atoms with E-state index in [1.54, 1.807) is 31.2 Å². The van der Waals surface area contributed by atoms with Gasteiger partial charge in [0.1, 0.15) is 5.75 Å². The van der Waals surface area contributed by atoms with E-state index in [-0.39, 0.29) is 12.0 Å². The number of carbonyl (C=O) groups excluding carboxylic acids is 1. The zero-order valence-corrected chi connectivity index (χ0v) is 15.0. The number of rotatable bonds is 6. The number of anilines is 1. The van der Waals surface area contributed by atoms with Crippen LogP contribution in [-0.2, 0) is 6.42 Å². The first kappa shape index (κ1) is 17.7. The third-order valence-electron chi connectivity index (χ3n) is 3.67. The molecule has 0 unspecified atom stereocenters. The van der Waals surface area contributed by atoms with Crippen LogP contribution >= 0.6 is 0 Å². The Kier molecular flexibility index (Phi) is 5.31. The number of benzene rings is 2. The maximum absolute atomic E-state index is 12.6. The molecule has 0 aliphatic rings. The number of amides is 1. The second-order valence-corrected chi connectivity index (χ2v) is 6.21. The van der Waals surface area contributed by atoms with Gasteiger partial charge < -0.3 is 14.6 Å². The van der Waals surface area contributed by atoms with Crippen molar-refractivity contribution in [1.29, 1.82) is 0 Å². The van der Waals surface area contributed by atoms with E-state index in [1.807, 2.05) is 38.1 Å². The lowest BCUT2D eigenvalue weighted by Gasteiger charge is -2.11. The Balaban J connectivity index is 1.73. The lowest BCUT2D eigenvalue weighted by Crippen LogP contribution is -2.13. The van der Waals surface area contributed by atoms with Crippen molar-refractivity contribution >= 4 is 11.6 Å². The molecule has 0 bridgehead atoms. The van der Waals surface area contributed by atoms with Crippen LogP contribution in [0.25, 0.3) is 0 Å². The van der Waals surface area contributed by atoms with Crippen LogP contribution in [0.15, 0.2) is 53.1 Å². The zero-order valence-electron chi connectivity index (χ0n) is 15.0. The highest BCUT2D eigenvalue weighted by Gasteiger charge is 2.12. The fourth-order valence-electron chi connectivity index (χ4n) is 2.52. The van der Waals surface area contributed by atoms with Crippen LogP contribution in [0.5, 0.6) is 5.75 Å². The van der Waals surface area contributed by atoms with E-state index in [1.165, 1.54) is 0 Å². The summed E-state index contributed by atoms with van der Waals surface area (Å²) in [5, 5.41) is 6.74. The third kappa shape index (κ3) is 4.47. The van der Waals surface area contributed by atoms with E-state index >= 15 is 0 Å². The number of hydrogen-bond donors (Lipinski definition) is 1. The number of nitrogens with zero attached hydrogens (tertiary/aromatic N) is 2. The maximum atomic E-state index is 12.6. The molecule has 0 spiro atoms. The molecule has 0 aliphatic heterocycles. The van der Waals surface area contributed by atoms with Crippen molar-refractivity contribution in [2.45, 2.75) is 33.3 Å². The Morgan fingerprint density at radius 1 is 1.15 bits per heavy atom. The largest absolute Gasteiger partial charge is 0.491 e. The minimum Gasteiger partial charge on any atom is -0.491 e. The van der Waals surface area contributed by atoms with Gasteiger partial charge in [0.15, 0.2) is 5.82 Å². The van der Waals surface area contributed by atoms with E-state index in [0.717, 1.165) is 17.0 Å². The Bertz CT molecular complexity index is 885. The van der Waals surface area contributed by atoms with Gasteiger partial charge in [0.25, 0.3) is 5.91 Å². The fraction of sp³-hybridized carbons (Fsp3) is 0.250. The molecule has 3 rings (SSSR count). The molecule has 2 aromatic carbocycles. The smallest absolute Gasteiger partial charge is 0.255 e. The molecule has 26 heavy (non-hydrogen) atoms. The Labute approximate surface area is 152 Å². The van der Waals surface area contributed by atoms with Crippen LogP contribution < -0.4 is 10.1 Å². The van der Waals surface area contributed by atoms with Crippen LogP contribution in [0.2, 0.25) is 0 Å². The second kappa shape index (κ2) is 7.82. The molecule has 1 N–H and O–H groups in total. The molecule has 6 nitrogen and oxygen atoms in total. The summed E-state index contributed by atoms with van der Waals surface area (Å²) in [5.74, 6) is 1.66. The van der Waals surface area contributed by atoms with Crippen molar-refractivity contribution in [3.8, 4) is 5.75 Å². The summed E-state index contributed by atoms with van der Waals surface area (Å²) in [6.45, 7) is 5.69. The third-order valence-corrected chi connectivity index (χ3v) is 3.67. The van der Waals surface area contributed by atoms with Gasteiger partial charge >= 0.3 is 0 Å². The standard InChI is InChI=1S/C20H21N3O3/c1-13(2)25-17-10-8-15(9-11-17)20(24)22-18-7-5-4-6-16(18)12-19-21-14(3)23-26-19/h4-11,13H,12H2,1-3H3,(H,22,24). The predicted molar refractivity (Wildman–Crippen MR) is 98.4 cm³/mol. The number of hydrogen-bond acceptors (Lipinski definition) is 5. The monoisotopic (exact) mass is 351 g/mol. The van der Waals surface area contributed by atoms with Gasteiger partial charge in [-0.25, -0.2) is 0 Å². The van der Waals surface area contributed by atoms with Gasteiger partial charge in [-0.1, -0.05) is 23.4 Å². The highest BCUT2D eigenvalue weighted by Crippen LogP contribution is 2.20. The number of carbonyl (C=O) groups is 1. The van der Waals surface area contributed by atoms with Gasteiger partial charge in [0.05, 0.1) is 12.5 Å². The van der Waals surface area contributed by atoms with E-state index < -0.39 is 0 Å². The Morgan fingerprint density at radius 2 is 1.88 bits per heavy atom. The van der Waals surface area contributed by atoms with Crippen molar-refractivity contribution in [3.05, 3.63) is 71.4 Å². The number of aryl methyl sites for hydroxylation is 1. The molecule has 0 saturated heterocycles. The first-order valence-corrected chi connectivity index (χ1v) is 8.46. The first-order chi connectivity index (χ1) is 12.5. The molecule has 134 valence electrons. The second-order valence-electron chi connectivity index (χ2n) is 6.21. The summed E-state index contributed by atoms with van der Waals surface area (Å²) in [6.07, 6.45) is 0.549. The molecular formula is C20H21N3O3. The van der Waals surface area contributed by atoms with Crippen LogP contribution in [0, 0.1) is 6.92 Å². The Morgan fingerprint density at radius 3 is 2.54 bits per heavy atom. The number of aromatic nitrogens is 2. The quantitative estimate of drug-likeness (QED) is 0.726. The van der Waals surface area contributed by atoms with Crippen molar-refractivity contribution < 1.29 is 14.1 Å². The molecule has 0 radical (unpaired) electrons. The highest BCUT2D eigenvalue weighted by atomic mass is 16.5. The van der Waals surface area contributed by atoms with Gasteiger partial charge in [0, 0.05) is 11.3 Å². The molecular weight excluding hydrogens is 330 g/mol. The normalized spacial score (nSPS) is 10.8. The summed E-state index contributed by atoms with van der Waals surface area (Å²) in [5.41, 5.74) is 2.18. The summed E-state index contributed by atoms with van der Waals surface area (Å²) in [7, 11) is 0. The average Bonchev–Trinajstić information content (AvgIpc) is 3.01. The topological polar surface area (TPSA) is 77.2 Å². The molecule has 0 saturated carbocycles. The van der Waals surface area contributed by atoms with Gasteiger partial charge in [0.2, 0.25) is 5.89 Å². The summed E-state index contributed by atoms with van der Waals surface area (Å²) < 4.78 is 10.8. The number of ether oxygens (including phenoxy) is 1. The minimum atomic E-state index is -0.185. The van der Waals surface area contributed by atoms with Gasteiger partial charge in [-0.2, -0.15) is 4.98 Å². The van der Waals surface area contributed by atoms with E-state index in [2.05, 4.69) is 15.5 Å². The van der Waals surface area contributed by atoms with Crippen molar-refractivity contribution in [3.63, 3.8) is 0 Å². The number of para-hydroxylation sites is 1. The maximum Gasteiger partial charge on any atom is 0.255 e. The van der Waals surface area contributed by atoms with Gasteiger partial charge in [-0.15, -0.1) is 0 Å². The SMILES string of the molecule is Cc1noc(Cc2ccccc2NC(=O)c2ccc(OC(C)C)cc2)n1. The minimum absolute atomic E-state index is 0.0925. The van der Waals surface area contributed by atoms with Gasteiger partial charge in [-0.3, -0.25) is 4.79 Å². The van der Waals surface area contributed by atoms with Crippen molar-refractivity contribution in [2.75, 3.05) is 5.32 Å². The highest BCUT2D eigenvalue weighted by molar-refractivity contribution is 6.04. The lowest BCUT2D eigenvalue weighted by molar-refractivity contribution is 0.102. The summed E-state index contributed by atoms with van der Waals surface area (Å²) in [6, 6.07) is 14.6. The lowest BCUT2D eigenvalue weighted by atomic mass is 10.1. The molecule has 1 heterocycles. The van der Waals surface area contributed by atoms with E-state index in [4.69, 9.17) is 9.26 Å². The van der Waals surface area contributed by atoms with E-state index in [9.17, 15) is 4.79 Å². The molecule has 1 aromatic heterocycles. The predicted octanol–water partition coefficient (Wildman–Crippen LogP) is 4.01. The molecule has 0 fully saturated rings. The number of nitrogens with one attached hydrogen (secondary N) is 1. The molecule has 3 aromatic rings. The molecule has 0 atom stereocenters. The van der Waals surface area contributed by atoms with Gasteiger partial charge in [-0.05, 0) is 56.7 Å². The zero-order chi connectivity index (χ0) is 18.5. The van der Waals surface area contributed by atoms with Crippen LogP contribution in [-0.4, -0.2) is 22.2 Å². The fourth-order valence-corrected chi connectivity index (χ4v) is 2.52. The van der Waals surface area contributed by atoms with E-state index in [0.29, 0.717) is 23.7 Å². The Hall–Kier alpha value is -3.15. The van der Waals surface area contributed by atoms with Crippen LogP contribution in [0.1, 0.15) is 41.5 Å². The molecule has 1 amide bonds. The molecule has 0 aliphatic carbocycles. The molecule has 6 heteroatoms. The van der Waals surface area contributed by atoms with Crippen LogP contribution in [0.3, 0.4) is 0 Å². The van der Waals surface area contributed by atoms with Crippen LogP contribution in [0.4, 0.5) is 5.69 Å². The average molecular weight is 351 g/mol.